The second-order valence-corrected chi connectivity index (χ2v) is 5.02. The predicted molar refractivity (Wildman–Crippen MR) is 83.7 cm³/mol. The van der Waals surface area contributed by atoms with Crippen LogP contribution in [0.5, 0.6) is 0 Å². The Morgan fingerprint density at radius 3 is 1.89 bits per heavy atom. The third-order valence-corrected chi connectivity index (χ3v) is 3.15. The number of hydrogen-bond donors (Lipinski definition) is 0. The maximum atomic E-state index is 3.26. The molecule has 0 aliphatic carbocycles. The fourth-order valence-corrected chi connectivity index (χ4v) is 1.99. The van der Waals surface area contributed by atoms with Gasteiger partial charge in [0.2, 0.25) is 0 Å². The van der Waals surface area contributed by atoms with E-state index in [1.54, 1.807) is 0 Å². The van der Waals surface area contributed by atoms with Crippen LogP contribution in [0.2, 0.25) is 0 Å². The van der Waals surface area contributed by atoms with E-state index in [1.807, 2.05) is 0 Å². The van der Waals surface area contributed by atoms with Gasteiger partial charge in [0.05, 0.1) is 0 Å². The lowest BCUT2D eigenvalue weighted by Gasteiger charge is -2.00. The van der Waals surface area contributed by atoms with Crippen molar-refractivity contribution >= 4 is 0 Å². The molecule has 0 aromatic carbocycles. The van der Waals surface area contributed by atoms with Crippen LogP contribution in [-0.4, -0.2) is 0 Å². The molecule has 0 spiro atoms. The lowest BCUT2D eigenvalue weighted by molar-refractivity contribution is 0.567. The molecule has 0 heterocycles. The van der Waals surface area contributed by atoms with Gasteiger partial charge in [-0.3, -0.25) is 0 Å². The summed E-state index contributed by atoms with van der Waals surface area (Å²) in [7, 11) is 0. The van der Waals surface area contributed by atoms with Gasteiger partial charge in [0.1, 0.15) is 0 Å². The standard InChI is InChI=1S/C18H32/c1-3-5-7-9-11-13-15-17-18-16-14-12-10-8-6-4-2/h5,7H,3-4,6,8-10,12,14-18H2,1-2H3. The van der Waals surface area contributed by atoms with Gasteiger partial charge in [-0.25, -0.2) is 0 Å². The SMILES string of the molecule is CCC=CCC#CCCCCCCCCCCC. The van der Waals surface area contributed by atoms with E-state index >= 15 is 0 Å². The Hall–Kier alpha value is -0.700. The molecular weight excluding hydrogens is 216 g/mol. The first-order valence-corrected chi connectivity index (χ1v) is 8.02. The van der Waals surface area contributed by atoms with Crippen molar-refractivity contribution in [2.75, 3.05) is 0 Å². The number of unbranched alkanes of at least 4 members (excludes halogenated alkanes) is 9. The second kappa shape index (κ2) is 16.3. The van der Waals surface area contributed by atoms with E-state index in [2.05, 4.69) is 37.8 Å². The Labute approximate surface area is 115 Å². The summed E-state index contributed by atoms with van der Waals surface area (Å²) in [5.74, 6) is 6.47. The average Bonchev–Trinajstić information content (AvgIpc) is 2.39. The van der Waals surface area contributed by atoms with Crippen LogP contribution in [0.4, 0.5) is 0 Å². The van der Waals surface area contributed by atoms with Crippen LogP contribution < -0.4 is 0 Å². The molecule has 0 aromatic heterocycles. The number of rotatable bonds is 11. The summed E-state index contributed by atoms with van der Waals surface area (Å²) in [5, 5.41) is 0. The highest BCUT2D eigenvalue weighted by Crippen LogP contribution is 2.10. The minimum Gasteiger partial charge on any atom is -0.103 e. The van der Waals surface area contributed by atoms with Gasteiger partial charge in [-0.1, -0.05) is 83.3 Å². The Morgan fingerprint density at radius 2 is 1.28 bits per heavy atom. The van der Waals surface area contributed by atoms with E-state index in [4.69, 9.17) is 0 Å². The van der Waals surface area contributed by atoms with E-state index < -0.39 is 0 Å². The normalized spacial score (nSPS) is 10.6. The first-order chi connectivity index (χ1) is 8.91. The molecule has 0 radical (unpaired) electrons. The summed E-state index contributed by atoms with van der Waals surface area (Å²) in [6, 6.07) is 0. The molecule has 0 saturated heterocycles. The van der Waals surface area contributed by atoms with Crippen LogP contribution in [0.3, 0.4) is 0 Å². The Balaban J connectivity index is 3.09. The van der Waals surface area contributed by atoms with Gasteiger partial charge < -0.3 is 0 Å². The van der Waals surface area contributed by atoms with Gasteiger partial charge in [-0.05, 0) is 12.8 Å². The van der Waals surface area contributed by atoms with Crippen molar-refractivity contribution in [3.63, 3.8) is 0 Å². The fourth-order valence-electron chi connectivity index (χ4n) is 1.99. The molecule has 0 rings (SSSR count). The average molecular weight is 248 g/mol. The van der Waals surface area contributed by atoms with Crippen molar-refractivity contribution in [3.8, 4) is 11.8 Å². The van der Waals surface area contributed by atoms with Crippen LogP contribution in [-0.2, 0) is 0 Å². The van der Waals surface area contributed by atoms with Gasteiger partial charge in [0.25, 0.3) is 0 Å². The molecule has 104 valence electrons. The first-order valence-electron chi connectivity index (χ1n) is 8.02. The topological polar surface area (TPSA) is 0 Å². The van der Waals surface area contributed by atoms with Crippen molar-refractivity contribution in [2.45, 2.75) is 90.9 Å². The van der Waals surface area contributed by atoms with E-state index in [9.17, 15) is 0 Å². The van der Waals surface area contributed by atoms with Gasteiger partial charge >= 0.3 is 0 Å². The molecule has 0 fully saturated rings. The number of allylic oxidation sites excluding steroid dienone is 2. The smallest absolute Gasteiger partial charge is 0.0269 e. The molecule has 0 aromatic rings. The third-order valence-electron chi connectivity index (χ3n) is 3.15. The summed E-state index contributed by atoms with van der Waals surface area (Å²) in [5.41, 5.74) is 0. The highest BCUT2D eigenvalue weighted by Gasteiger charge is 1.90. The van der Waals surface area contributed by atoms with E-state index in [0.717, 1.165) is 19.3 Å². The van der Waals surface area contributed by atoms with Crippen molar-refractivity contribution in [1.29, 1.82) is 0 Å². The first kappa shape index (κ1) is 17.3. The molecule has 0 atom stereocenters. The van der Waals surface area contributed by atoms with E-state index in [-0.39, 0.29) is 0 Å². The third kappa shape index (κ3) is 15.3. The van der Waals surface area contributed by atoms with E-state index in [1.165, 1.54) is 57.8 Å². The molecule has 0 nitrogen and oxygen atoms in total. The van der Waals surface area contributed by atoms with Crippen molar-refractivity contribution in [1.82, 2.24) is 0 Å². The monoisotopic (exact) mass is 248 g/mol. The summed E-state index contributed by atoms with van der Waals surface area (Å²) in [6.45, 7) is 4.44. The van der Waals surface area contributed by atoms with Crippen molar-refractivity contribution in [3.05, 3.63) is 12.2 Å². The minimum absolute atomic E-state index is 0.936. The summed E-state index contributed by atoms with van der Waals surface area (Å²) in [4.78, 5) is 0. The Morgan fingerprint density at radius 1 is 0.667 bits per heavy atom. The lowest BCUT2D eigenvalue weighted by atomic mass is 10.1. The van der Waals surface area contributed by atoms with Crippen LogP contribution in [0.15, 0.2) is 12.2 Å². The zero-order valence-corrected chi connectivity index (χ0v) is 12.6. The minimum atomic E-state index is 0.936. The molecule has 0 heteroatoms. The van der Waals surface area contributed by atoms with Gasteiger partial charge in [0.15, 0.2) is 0 Å². The quantitative estimate of drug-likeness (QED) is 0.230. The molecule has 0 unspecified atom stereocenters. The van der Waals surface area contributed by atoms with E-state index in [0.29, 0.717) is 0 Å². The summed E-state index contributed by atoms with van der Waals surface area (Å²) < 4.78 is 0. The van der Waals surface area contributed by atoms with Gasteiger partial charge in [0, 0.05) is 12.8 Å². The zero-order chi connectivity index (χ0) is 13.3. The molecule has 0 amide bonds. The molecule has 0 saturated carbocycles. The Bertz CT molecular complexity index is 226. The lowest BCUT2D eigenvalue weighted by Crippen LogP contribution is -1.80. The van der Waals surface area contributed by atoms with Gasteiger partial charge in [-0.15, -0.1) is 5.92 Å². The second-order valence-electron chi connectivity index (χ2n) is 5.02. The zero-order valence-electron chi connectivity index (χ0n) is 12.6. The highest BCUT2D eigenvalue weighted by atomic mass is 14.0. The van der Waals surface area contributed by atoms with Crippen LogP contribution >= 0.6 is 0 Å². The maximum Gasteiger partial charge on any atom is 0.0269 e. The van der Waals surface area contributed by atoms with Gasteiger partial charge in [-0.2, -0.15) is 0 Å². The molecule has 0 N–H and O–H groups in total. The van der Waals surface area contributed by atoms with Crippen LogP contribution in [0.25, 0.3) is 0 Å². The highest BCUT2D eigenvalue weighted by molar-refractivity contribution is 5.04. The molecule has 0 bridgehead atoms. The molecule has 0 aliphatic rings. The summed E-state index contributed by atoms with van der Waals surface area (Å²) in [6.07, 6.45) is 20.1. The maximum absolute atomic E-state index is 3.26. The largest absolute Gasteiger partial charge is 0.103 e. The molecular formula is C18H32. The summed E-state index contributed by atoms with van der Waals surface area (Å²) >= 11 is 0. The fraction of sp³-hybridized carbons (Fsp3) is 0.778. The van der Waals surface area contributed by atoms with Crippen LogP contribution in [0, 0.1) is 11.8 Å². The molecule has 0 aliphatic heterocycles. The number of hydrogen-bond acceptors (Lipinski definition) is 0. The molecule has 18 heavy (non-hydrogen) atoms. The van der Waals surface area contributed by atoms with Crippen LogP contribution in [0.1, 0.15) is 90.9 Å². The Kier molecular flexibility index (Phi) is 15.7. The van der Waals surface area contributed by atoms with Crippen molar-refractivity contribution < 1.29 is 0 Å². The van der Waals surface area contributed by atoms with Crippen molar-refractivity contribution in [2.24, 2.45) is 0 Å². The predicted octanol–water partition coefficient (Wildman–Crippen LogP) is 6.27.